The predicted molar refractivity (Wildman–Crippen MR) is 86.0 cm³/mol. The Morgan fingerprint density at radius 2 is 1.86 bits per heavy atom. The van der Waals surface area contributed by atoms with Gasteiger partial charge >= 0.3 is 0 Å². The average molecular weight is 322 g/mol. The molecule has 2 unspecified atom stereocenters. The third kappa shape index (κ3) is 4.30. The highest BCUT2D eigenvalue weighted by molar-refractivity contribution is 7.99. The maximum absolute atomic E-state index is 11.5. The van der Waals surface area contributed by atoms with Crippen LogP contribution in [0.15, 0.2) is 58.6 Å². The van der Waals surface area contributed by atoms with E-state index in [1.54, 1.807) is 30.1 Å². The summed E-state index contributed by atoms with van der Waals surface area (Å²) in [6.07, 6.45) is 4.74. The Morgan fingerprint density at radius 1 is 1.19 bits per heavy atom. The molecule has 0 aliphatic rings. The number of rotatable bonds is 5. The zero-order valence-electron chi connectivity index (χ0n) is 11.9. The number of hydrogen-bond donors (Lipinski definition) is 1. The van der Waals surface area contributed by atoms with E-state index in [4.69, 9.17) is 5.73 Å². The fourth-order valence-electron chi connectivity index (χ4n) is 1.94. The Kier molecular flexibility index (Phi) is 5.03. The molecule has 0 aliphatic heterocycles. The number of aromatic nitrogens is 1. The van der Waals surface area contributed by atoms with E-state index in [9.17, 15) is 8.42 Å². The van der Waals surface area contributed by atoms with Gasteiger partial charge < -0.3 is 5.73 Å². The van der Waals surface area contributed by atoms with Crippen LogP contribution in [-0.4, -0.2) is 25.7 Å². The molecule has 1 aromatic heterocycles. The number of pyridine rings is 1. The number of nitrogens with zero attached hydrogens (tertiary/aromatic N) is 1. The van der Waals surface area contributed by atoms with Gasteiger partial charge in [-0.25, -0.2) is 8.42 Å². The van der Waals surface area contributed by atoms with Crippen LogP contribution in [0.5, 0.6) is 0 Å². The van der Waals surface area contributed by atoms with Gasteiger partial charge in [-0.2, -0.15) is 0 Å². The van der Waals surface area contributed by atoms with Crippen molar-refractivity contribution in [1.29, 1.82) is 0 Å². The van der Waals surface area contributed by atoms with E-state index in [0.717, 1.165) is 10.5 Å². The van der Waals surface area contributed by atoms with E-state index in [-0.39, 0.29) is 11.3 Å². The van der Waals surface area contributed by atoms with Crippen molar-refractivity contribution >= 4 is 21.6 Å². The first-order valence-electron chi connectivity index (χ1n) is 6.50. The van der Waals surface area contributed by atoms with Crippen molar-refractivity contribution in [3.63, 3.8) is 0 Å². The molecular formula is C15H18N2O2S2. The fraction of sp³-hybridized carbons (Fsp3) is 0.267. The van der Waals surface area contributed by atoms with Crippen LogP contribution in [0.25, 0.3) is 0 Å². The van der Waals surface area contributed by atoms with Crippen LogP contribution >= 0.6 is 11.8 Å². The SMILES string of the molecule is CC(N)C(Sc1ccc(S(C)(=O)=O)cc1)c1cccnc1. The first kappa shape index (κ1) is 16.0. The molecule has 0 fully saturated rings. The lowest BCUT2D eigenvalue weighted by Gasteiger charge is -2.20. The largest absolute Gasteiger partial charge is 0.327 e. The van der Waals surface area contributed by atoms with Crippen LogP contribution in [0.4, 0.5) is 0 Å². The van der Waals surface area contributed by atoms with E-state index in [0.29, 0.717) is 4.90 Å². The summed E-state index contributed by atoms with van der Waals surface area (Å²) in [5.74, 6) is 0. The Balaban J connectivity index is 2.22. The first-order chi connectivity index (χ1) is 9.88. The van der Waals surface area contributed by atoms with Gasteiger partial charge in [-0.05, 0) is 42.8 Å². The van der Waals surface area contributed by atoms with Crippen LogP contribution < -0.4 is 5.73 Å². The third-order valence-corrected chi connectivity index (χ3v) is 5.63. The summed E-state index contributed by atoms with van der Waals surface area (Å²) in [5.41, 5.74) is 7.13. The quantitative estimate of drug-likeness (QED) is 0.857. The standard InChI is InChI=1S/C15H18N2O2S2/c1-11(16)15(12-4-3-9-17-10-12)20-13-5-7-14(8-6-13)21(2,18)19/h3-11,15H,16H2,1-2H3. The Hall–Kier alpha value is -1.37. The molecule has 0 aliphatic carbocycles. The zero-order chi connectivity index (χ0) is 15.5. The maximum atomic E-state index is 11.5. The van der Waals surface area contributed by atoms with Gasteiger partial charge in [0, 0.05) is 29.6 Å². The molecule has 2 aromatic rings. The number of sulfone groups is 1. The summed E-state index contributed by atoms with van der Waals surface area (Å²) in [7, 11) is -3.16. The molecule has 1 aromatic carbocycles. The minimum Gasteiger partial charge on any atom is -0.327 e. The second-order valence-electron chi connectivity index (χ2n) is 4.93. The van der Waals surface area contributed by atoms with Gasteiger partial charge in [-0.3, -0.25) is 4.98 Å². The van der Waals surface area contributed by atoms with Crippen LogP contribution in [0.3, 0.4) is 0 Å². The first-order valence-corrected chi connectivity index (χ1v) is 9.27. The molecule has 0 amide bonds. The van der Waals surface area contributed by atoms with Crippen molar-refractivity contribution in [2.45, 2.75) is 28.0 Å². The van der Waals surface area contributed by atoms with Crippen molar-refractivity contribution in [2.24, 2.45) is 5.73 Å². The van der Waals surface area contributed by atoms with Crippen molar-refractivity contribution in [3.05, 3.63) is 54.4 Å². The molecule has 1 heterocycles. The summed E-state index contributed by atoms with van der Waals surface area (Å²) in [5, 5.41) is 0.0720. The molecule has 4 nitrogen and oxygen atoms in total. The van der Waals surface area contributed by atoms with Crippen molar-refractivity contribution in [1.82, 2.24) is 4.98 Å². The highest BCUT2D eigenvalue weighted by Gasteiger charge is 2.18. The number of nitrogens with two attached hydrogens (primary N) is 1. The lowest BCUT2D eigenvalue weighted by atomic mass is 10.1. The molecule has 6 heteroatoms. The van der Waals surface area contributed by atoms with E-state index >= 15 is 0 Å². The highest BCUT2D eigenvalue weighted by atomic mass is 32.2. The summed E-state index contributed by atoms with van der Waals surface area (Å²) in [6.45, 7) is 1.95. The van der Waals surface area contributed by atoms with Crippen LogP contribution in [0, 0.1) is 0 Å². The van der Waals surface area contributed by atoms with E-state index in [1.165, 1.54) is 6.26 Å². The maximum Gasteiger partial charge on any atom is 0.175 e. The lowest BCUT2D eigenvalue weighted by molar-refractivity contribution is 0.602. The van der Waals surface area contributed by atoms with Crippen molar-refractivity contribution in [3.8, 4) is 0 Å². The smallest absolute Gasteiger partial charge is 0.175 e. The molecule has 2 rings (SSSR count). The summed E-state index contributed by atoms with van der Waals surface area (Å²) in [6, 6.07) is 10.7. The highest BCUT2D eigenvalue weighted by Crippen LogP contribution is 2.37. The number of hydrogen-bond acceptors (Lipinski definition) is 5. The van der Waals surface area contributed by atoms with Crippen molar-refractivity contribution < 1.29 is 8.42 Å². The van der Waals surface area contributed by atoms with Gasteiger partial charge in [0.1, 0.15) is 0 Å². The molecule has 0 spiro atoms. The van der Waals surface area contributed by atoms with E-state index in [1.807, 2.05) is 37.4 Å². The molecule has 0 saturated carbocycles. The molecule has 0 bridgehead atoms. The normalized spacial score (nSPS) is 14.6. The second kappa shape index (κ2) is 6.60. The molecule has 2 atom stereocenters. The minimum atomic E-state index is -3.16. The summed E-state index contributed by atoms with van der Waals surface area (Å²) < 4.78 is 22.9. The molecule has 2 N–H and O–H groups in total. The fourth-order valence-corrected chi connectivity index (χ4v) is 3.64. The van der Waals surface area contributed by atoms with Gasteiger partial charge in [-0.15, -0.1) is 11.8 Å². The number of benzene rings is 1. The van der Waals surface area contributed by atoms with Gasteiger partial charge in [0.15, 0.2) is 9.84 Å². The minimum absolute atomic E-state index is 0.0474. The van der Waals surface area contributed by atoms with Crippen LogP contribution in [-0.2, 0) is 9.84 Å². The monoisotopic (exact) mass is 322 g/mol. The molecule has 0 radical (unpaired) electrons. The van der Waals surface area contributed by atoms with Gasteiger partial charge in [0.05, 0.1) is 10.1 Å². The van der Waals surface area contributed by atoms with Gasteiger partial charge in [0.25, 0.3) is 0 Å². The van der Waals surface area contributed by atoms with Crippen LogP contribution in [0.2, 0.25) is 0 Å². The van der Waals surface area contributed by atoms with Crippen molar-refractivity contribution in [2.75, 3.05) is 6.26 Å². The zero-order valence-corrected chi connectivity index (χ0v) is 13.6. The Bertz CT molecular complexity index is 683. The molecule has 0 saturated heterocycles. The van der Waals surface area contributed by atoms with E-state index in [2.05, 4.69) is 4.98 Å². The average Bonchev–Trinajstić information content (AvgIpc) is 2.45. The Labute approximate surface area is 129 Å². The van der Waals surface area contributed by atoms with Gasteiger partial charge in [-0.1, -0.05) is 6.07 Å². The number of thioether (sulfide) groups is 1. The summed E-state index contributed by atoms with van der Waals surface area (Å²) >= 11 is 1.61. The lowest BCUT2D eigenvalue weighted by Crippen LogP contribution is -2.22. The second-order valence-corrected chi connectivity index (χ2v) is 8.16. The van der Waals surface area contributed by atoms with Crippen LogP contribution in [0.1, 0.15) is 17.7 Å². The predicted octanol–water partition coefficient (Wildman–Crippen LogP) is 2.67. The molecular weight excluding hydrogens is 304 g/mol. The third-order valence-electron chi connectivity index (χ3n) is 3.01. The summed E-state index contributed by atoms with van der Waals surface area (Å²) in [4.78, 5) is 5.43. The molecule has 21 heavy (non-hydrogen) atoms. The van der Waals surface area contributed by atoms with E-state index < -0.39 is 9.84 Å². The topological polar surface area (TPSA) is 73.1 Å². The Morgan fingerprint density at radius 3 is 2.33 bits per heavy atom. The molecule has 112 valence electrons. The van der Waals surface area contributed by atoms with Gasteiger partial charge in [0.2, 0.25) is 0 Å².